The molecule has 196 valence electrons. The van der Waals surface area contributed by atoms with Crippen LogP contribution in [-0.2, 0) is 19.6 Å². The molecular weight excluding hydrogens is 514 g/mol. The molecule has 9 heteroatoms. The summed E-state index contributed by atoms with van der Waals surface area (Å²) in [6.07, 6.45) is 5.04. The van der Waals surface area contributed by atoms with Gasteiger partial charge in [0.2, 0.25) is 10.0 Å². The molecule has 0 bridgehead atoms. The third-order valence-electron chi connectivity index (χ3n) is 7.09. The molecule has 1 saturated heterocycles. The van der Waals surface area contributed by atoms with Gasteiger partial charge in [-0.2, -0.15) is 4.31 Å². The summed E-state index contributed by atoms with van der Waals surface area (Å²) >= 11 is 5.95. The number of carbonyl (C=O) groups is 1. The number of halogens is 1. The summed E-state index contributed by atoms with van der Waals surface area (Å²) in [5, 5.41) is 2.28. The lowest BCUT2D eigenvalue weighted by Gasteiger charge is -2.36. The van der Waals surface area contributed by atoms with Crippen molar-refractivity contribution >= 4 is 38.4 Å². The van der Waals surface area contributed by atoms with E-state index in [1.165, 1.54) is 24.3 Å². The first-order valence-electron chi connectivity index (χ1n) is 12.6. The number of carbonyl (C=O) groups excluding carboxylic acids is 1. The normalized spacial score (nSPS) is 21.1. The monoisotopic (exact) mass is 543 g/mol. The van der Waals surface area contributed by atoms with Gasteiger partial charge in [0.15, 0.2) is 0 Å². The summed E-state index contributed by atoms with van der Waals surface area (Å²) in [5.41, 5.74) is 0. The molecule has 3 aromatic rings. The molecule has 37 heavy (non-hydrogen) atoms. The molecule has 2 atom stereocenters. The molecule has 0 N–H and O–H groups in total. The number of esters is 1. The van der Waals surface area contributed by atoms with Gasteiger partial charge in [-0.3, -0.25) is 4.79 Å². The topological polar surface area (TPSA) is 82.1 Å². The maximum atomic E-state index is 13.7. The fourth-order valence-corrected chi connectivity index (χ4v) is 6.90. The molecule has 0 aromatic heterocycles. The third-order valence-corrected chi connectivity index (χ3v) is 9.25. The quantitative estimate of drug-likeness (QED) is 0.361. The first kappa shape index (κ1) is 25.8. The SMILES string of the molecule is COC(=O)[C@@H]1CC(Oc2ccc(Cl)cc2)CCN1S(=O)(=O)c1ccc2cc(OC3CCCC3)ccc2c1. The molecule has 3 aromatic carbocycles. The van der Waals surface area contributed by atoms with Gasteiger partial charge in [0.1, 0.15) is 23.6 Å². The van der Waals surface area contributed by atoms with E-state index in [1.54, 1.807) is 42.5 Å². The highest BCUT2D eigenvalue weighted by atomic mass is 35.5. The van der Waals surface area contributed by atoms with E-state index in [0.717, 1.165) is 29.4 Å². The molecule has 7 nitrogen and oxygen atoms in total. The van der Waals surface area contributed by atoms with Gasteiger partial charge in [0.05, 0.1) is 18.1 Å². The number of ether oxygens (including phenoxy) is 3. The van der Waals surface area contributed by atoms with Crippen LogP contribution in [0.5, 0.6) is 11.5 Å². The molecule has 5 rings (SSSR count). The van der Waals surface area contributed by atoms with Crippen molar-refractivity contribution in [2.45, 2.75) is 61.7 Å². The van der Waals surface area contributed by atoms with Crippen molar-refractivity contribution in [3.63, 3.8) is 0 Å². The van der Waals surface area contributed by atoms with E-state index in [2.05, 4.69) is 0 Å². The Bertz CT molecular complexity index is 1370. The number of rotatable bonds is 7. The molecule has 0 radical (unpaired) electrons. The maximum Gasteiger partial charge on any atom is 0.324 e. The Morgan fingerprint density at radius 2 is 1.51 bits per heavy atom. The third kappa shape index (κ3) is 5.71. The van der Waals surface area contributed by atoms with Crippen molar-refractivity contribution in [3.8, 4) is 11.5 Å². The molecule has 1 aliphatic heterocycles. The summed E-state index contributed by atoms with van der Waals surface area (Å²) in [7, 11) is -2.70. The van der Waals surface area contributed by atoms with Gasteiger partial charge in [-0.1, -0.05) is 23.7 Å². The molecule has 1 aliphatic carbocycles. The number of methoxy groups -OCH3 is 1. The Kier molecular flexibility index (Phi) is 7.60. The average molecular weight is 544 g/mol. The molecule has 0 amide bonds. The second-order valence-electron chi connectivity index (χ2n) is 9.57. The smallest absolute Gasteiger partial charge is 0.324 e. The number of fused-ring (bicyclic) bond motifs is 1. The maximum absolute atomic E-state index is 13.7. The Morgan fingerprint density at radius 1 is 0.865 bits per heavy atom. The van der Waals surface area contributed by atoms with Crippen LogP contribution in [0.15, 0.2) is 65.6 Å². The number of piperidine rings is 1. The van der Waals surface area contributed by atoms with E-state index in [0.29, 0.717) is 17.2 Å². The minimum absolute atomic E-state index is 0.132. The number of nitrogens with zero attached hydrogens (tertiary/aromatic N) is 1. The summed E-state index contributed by atoms with van der Waals surface area (Å²) < 4.78 is 45.7. The number of sulfonamides is 1. The van der Waals surface area contributed by atoms with Gasteiger partial charge in [0.25, 0.3) is 0 Å². The zero-order valence-corrected chi connectivity index (χ0v) is 22.2. The van der Waals surface area contributed by atoms with Crippen molar-refractivity contribution in [1.82, 2.24) is 4.31 Å². The van der Waals surface area contributed by atoms with Crippen LogP contribution >= 0.6 is 11.6 Å². The summed E-state index contributed by atoms with van der Waals surface area (Å²) in [5.74, 6) is 0.797. The van der Waals surface area contributed by atoms with E-state index in [4.69, 9.17) is 25.8 Å². The first-order chi connectivity index (χ1) is 17.8. The molecule has 2 aliphatic rings. The van der Waals surface area contributed by atoms with Crippen molar-refractivity contribution in [1.29, 1.82) is 0 Å². The van der Waals surface area contributed by atoms with Gasteiger partial charge in [-0.25, -0.2) is 8.42 Å². The Morgan fingerprint density at radius 3 is 2.24 bits per heavy atom. The lowest BCUT2D eigenvalue weighted by molar-refractivity contribution is -0.147. The van der Waals surface area contributed by atoms with Crippen LogP contribution in [0.3, 0.4) is 0 Å². The summed E-state index contributed by atoms with van der Waals surface area (Å²) in [6.45, 7) is 0.132. The molecular formula is C28H30ClNO6S. The van der Waals surface area contributed by atoms with Crippen molar-refractivity contribution in [2.75, 3.05) is 13.7 Å². The van der Waals surface area contributed by atoms with E-state index in [-0.39, 0.29) is 30.1 Å². The predicted molar refractivity (Wildman–Crippen MR) is 142 cm³/mol. The van der Waals surface area contributed by atoms with Crippen LogP contribution in [0.1, 0.15) is 38.5 Å². The van der Waals surface area contributed by atoms with Gasteiger partial charge in [-0.15, -0.1) is 0 Å². The van der Waals surface area contributed by atoms with E-state index >= 15 is 0 Å². The van der Waals surface area contributed by atoms with E-state index in [9.17, 15) is 13.2 Å². The van der Waals surface area contributed by atoms with Crippen LogP contribution in [0, 0.1) is 0 Å². The second kappa shape index (κ2) is 10.9. The van der Waals surface area contributed by atoms with Crippen molar-refractivity contribution in [3.05, 3.63) is 65.7 Å². The highest BCUT2D eigenvalue weighted by Crippen LogP contribution is 2.32. The average Bonchev–Trinajstić information content (AvgIpc) is 3.42. The minimum Gasteiger partial charge on any atom is -0.490 e. The minimum atomic E-state index is -3.96. The van der Waals surface area contributed by atoms with E-state index in [1.807, 2.05) is 18.2 Å². The highest BCUT2D eigenvalue weighted by Gasteiger charge is 2.42. The van der Waals surface area contributed by atoms with Crippen molar-refractivity contribution in [2.24, 2.45) is 0 Å². The van der Waals surface area contributed by atoms with Gasteiger partial charge in [0, 0.05) is 18.0 Å². The molecule has 1 saturated carbocycles. The standard InChI is InChI=1S/C28H30ClNO6S/c1-34-28(31)27-18-25(36-23-11-8-21(29)9-12-23)14-15-30(27)37(32,33)26-13-7-19-16-24(10-6-20(19)17-26)35-22-4-2-3-5-22/h6-13,16-17,22,25,27H,2-5,14-15,18H2,1H3/t25?,27-/m0/s1. The van der Waals surface area contributed by atoms with Gasteiger partial charge >= 0.3 is 5.97 Å². The Hall–Kier alpha value is -2.81. The zero-order chi connectivity index (χ0) is 26.0. The second-order valence-corrected chi connectivity index (χ2v) is 11.9. The molecule has 0 spiro atoms. The lowest BCUT2D eigenvalue weighted by Crippen LogP contribution is -2.52. The predicted octanol–water partition coefficient (Wildman–Crippen LogP) is 5.59. The fraction of sp³-hybridized carbons (Fsp3) is 0.393. The first-order valence-corrected chi connectivity index (χ1v) is 14.4. The van der Waals surface area contributed by atoms with Crippen LogP contribution in [0.4, 0.5) is 0 Å². The van der Waals surface area contributed by atoms with Crippen LogP contribution in [0.2, 0.25) is 5.02 Å². The fourth-order valence-electron chi connectivity index (χ4n) is 5.13. The molecule has 1 unspecified atom stereocenters. The van der Waals surface area contributed by atoms with Gasteiger partial charge in [-0.05, 0) is 91.4 Å². The number of hydrogen-bond acceptors (Lipinski definition) is 6. The lowest BCUT2D eigenvalue weighted by atomic mass is 10.0. The van der Waals surface area contributed by atoms with Crippen LogP contribution in [-0.4, -0.2) is 50.6 Å². The number of benzene rings is 3. The largest absolute Gasteiger partial charge is 0.490 e. The summed E-state index contributed by atoms with van der Waals surface area (Å²) in [4.78, 5) is 12.8. The van der Waals surface area contributed by atoms with Crippen LogP contribution < -0.4 is 9.47 Å². The van der Waals surface area contributed by atoms with E-state index < -0.39 is 22.0 Å². The zero-order valence-electron chi connectivity index (χ0n) is 20.6. The highest BCUT2D eigenvalue weighted by molar-refractivity contribution is 7.89. The number of hydrogen-bond donors (Lipinski definition) is 0. The molecule has 2 fully saturated rings. The Balaban J connectivity index is 1.35. The van der Waals surface area contributed by atoms with Gasteiger partial charge < -0.3 is 14.2 Å². The van der Waals surface area contributed by atoms with Crippen LogP contribution in [0.25, 0.3) is 10.8 Å². The summed E-state index contributed by atoms with van der Waals surface area (Å²) in [6, 6.07) is 16.7. The van der Waals surface area contributed by atoms with Crippen molar-refractivity contribution < 1.29 is 27.4 Å². The molecule has 1 heterocycles. The Labute approximate surface area is 222 Å².